The van der Waals surface area contributed by atoms with Gasteiger partial charge in [-0.25, -0.2) is 4.98 Å². The van der Waals surface area contributed by atoms with Crippen LogP contribution in [0.15, 0.2) is 18.7 Å². The van der Waals surface area contributed by atoms with Crippen molar-refractivity contribution in [1.82, 2.24) is 9.97 Å². The number of H-pyrrole nitrogens is 1. The molecular formula is C22H43BrN2. The molecular weight excluding hydrogens is 372 g/mol. The van der Waals surface area contributed by atoms with Crippen LogP contribution < -0.4 is 0 Å². The largest absolute Gasteiger partial charge is 0.351 e. The van der Waals surface area contributed by atoms with Crippen molar-refractivity contribution in [1.29, 1.82) is 0 Å². The number of hydrogen-bond acceptors (Lipinski definition) is 1. The lowest BCUT2D eigenvalue weighted by molar-refractivity contribution is 0.532. The summed E-state index contributed by atoms with van der Waals surface area (Å²) in [6, 6.07) is 0. The Morgan fingerprint density at radius 3 is 1.60 bits per heavy atom. The van der Waals surface area contributed by atoms with Gasteiger partial charge in [0.05, 0.1) is 6.33 Å². The van der Waals surface area contributed by atoms with Gasteiger partial charge in [0.2, 0.25) is 0 Å². The minimum absolute atomic E-state index is 0.778. The summed E-state index contributed by atoms with van der Waals surface area (Å²) >= 11 is 3.77. The predicted octanol–water partition coefficient (Wildman–Crippen LogP) is 8.44. The van der Waals surface area contributed by atoms with Gasteiger partial charge in [-0.05, 0) is 12.8 Å². The van der Waals surface area contributed by atoms with Crippen LogP contribution in [0.3, 0.4) is 0 Å². The molecule has 1 aromatic heterocycles. The molecule has 1 unspecified atom stereocenters. The molecule has 0 fully saturated rings. The van der Waals surface area contributed by atoms with Gasteiger partial charge in [-0.2, -0.15) is 0 Å². The molecule has 0 amide bonds. The van der Waals surface area contributed by atoms with Crippen molar-refractivity contribution in [2.24, 2.45) is 0 Å². The van der Waals surface area contributed by atoms with Gasteiger partial charge in [0.15, 0.2) is 0 Å². The fourth-order valence-electron chi connectivity index (χ4n) is 3.06. The molecule has 25 heavy (non-hydrogen) atoms. The van der Waals surface area contributed by atoms with Crippen molar-refractivity contribution < 1.29 is 0 Å². The van der Waals surface area contributed by atoms with Crippen LogP contribution in [0, 0.1) is 0 Å². The Hall–Kier alpha value is -0.310. The Kier molecular flexibility index (Phi) is 21.5. The average molecular weight is 416 g/mol. The van der Waals surface area contributed by atoms with Crippen LogP contribution in [0.2, 0.25) is 0 Å². The van der Waals surface area contributed by atoms with Crippen molar-refractivity contribution in [3.05, 3.63) is 18.7 Å². The number of nitrogens with one attached hydrogen (secondary N) is 1. The van der Waals surface area contributed by atoms with Crippen LogP contribution in [0.4, 0.5) is 0 Å². The Bertz CT molecular complexity index is 297. The minimum Gasteiger partial charge on any atom is -0.351 e. The van der Waals surface area contributed by atoms with Crippen LogP contribution in [0.1, 0.15) is 117 Å². The number of alkyl halides is 1. The zero-order valence-electron chi connectivity index (χ0n) is 16.9. The molecule has 0 aliphatic heterocycles. The Balaban J connectivity index is 0.000000972. The first-order valence-corrected chi connectivity index (χ1v) is 11.8. The van der Waals surface area contributed by atoms with E-state index in [0.29, 0.717) is 0 Å². The molecule has 0 saturated carbocycles. The maximum Gasteiger partial charge on any atom is 0.0919 e. The van der Waals surface area contributed by atoms with E-state index in [1.165, 1.54) is 103 Å². The Morgan fingerprint density at radius 2 is 1.24 bits per heavy atom. The van der Waals surface area contributed by atoms with E-state index >= 15 is 0 Å². The fraction of sp³-hybridized carbons (Fsp3) is 0.864. The van der Waals surface area contributed by atoms with Gasteiger partial charge in [0, 0.05) is 17.2 Å². The number of imidazole rings is 1. The zero-order valence-corrected chi connectivity index (χ0v) is 18.5. The lowest BCUT2D eigenvalue weighted by atomic mass is 10.0. The first-order chi connectivity index (χ1) is 12.3. The molecule has 0 aliphatic carbocycles. The Labute approximate surface area is 166 Å². The van der Waals surface area contributed by atoms with Crippen LogP contribution in [-0.4, -0.2) is 14.8 Å². The fourth-order valence-corrected chi connectivity index (χ4v) is 3.84. The summed E-state index contributed by atoms with van der Waals surface area (Å²) < 4.78 is 0. The van der Waals surface area contributed by atoms with Crippen LogP contribution in [0.25, 0.3) is 0 Å². The topological polar surface area (TPSA) is 28.7 Å². The maximum absolute atomic E-state index is 3.77. The molecule has 3 heteroatoms. The molecule has 0 aliphatic rings. The second-order valence-electron chi connectivity index (χ2n) is 7.18. The maximum atomic E-state index is 3.77. The Morgan fingerprint density at radius 1 is 0.720 bits per heavy atom. The van der Waals surface area contributed by atoms with Crippen molar-refractivity contribution in [2.75, 3.05) is 0 Å². The van der Waals surface area contributed by atoms with Crippen LogP contribution in [-0.2, 0) is 0 Å². The molecule has 1 N–H and O–H groups in total. The van der Waals surface area contributed by atoms with Crippen molar-refractivity contribution >= 4 is 15.9 Å². The highest BCUT2D eigenvalue weighted by Crippen LogP contribution is 2.17. The predicted molar refractivity (Wildman–Crippen MR) is 117 cm³/mol. The molecule has 2 nitrogen and oxygen atoms in total. The molecule has 1 rings (SSSR count). The van der Waals surface area contributed by atoms with Gasteiger partial charge in [0.25, 0.3) is 0 Å². The molecule has 0 spiro atoms. The van der Waals surface area contributed by atoms with Gasteiger partial charge < -0.3 is 4.98 Å². The summed E-state index contributed by atoms with van der Waals surface area (Å²) in [6.45, 7) is 4.57. The summed E-state index contributed by atoms with van der Waals surface area (Å²) in [5, 5.41) is 0. The summed E-state index contributed by atoms with van der Waals surface area (Å²) in [6.07, 6.45) is 28.0. The molecule has 0 saturated heterocycles. The van der Waals surface area contributed by atoms with E-state index in [-0.39, 0.29) is 0 Å². The number of halogens is 1. The number of aromatic nitrogens is 2. The first kappa shape index (κ1) is 24.7. The lowest BCUT2D eigenvalue weighted by Gasteiger charge is -2.07. The number of hydrogen-bond donors (Lipinski definition) is 1. The highest BCUT2D eigenvalue weighted by atomic mass is 79.9. The van der Waals surface area contributed by atoms with E-state index in [0.717, 1.165) is 4.83 Å². The average Bonchev–Trinajstić information content (AvgIpc) is 3.19. The molecule has 0 aromatic carbocycles. The standard InChI is InChI=1S/C19H39Br.C3H4N2/c1-3-5-6-7-8-9-10-11-12-13-14-15-16-18-19(20)17-4-2;1-2-5-3-4-1/h19H,3-18H2,1-2H3;1-3H,(H,4,5). The van der Waals surface area contributed by atoms with Gasteiger partial charge >= 0.3 is 0 Å². The van der Waals surface area contributed by atoms with Crippen LogP contribution >= 0.6 is 15.9 Å². The summed E-state index contributed by atoms with van der Waals surface area (Å²) in [4.78, 5) is 7.19. The van der Waals surface area contributed by atoms with E-state index < -0.39 is 0 Å². The van der Waals surface area contributed by atoms with Crippen LogP contribution in [0.5, 0.6) is 0 Å². The quantitative estimate of drug-likeness (QED) is 0.213. The minimum atomic E-state index is 0.778. The molecule has 0 bridgehead atoms. The van der Waals surface area contributed by atoms with Crippen molar-refractivity contribution in [2.45, 2.75) is 121 Å². The van der Waals surface area contributed by atoms with E-state index in [1.807, 2.05) is 0 Å². The second kappa shape index (κ2) is 21.7. The van der Waals surface area contributed by atoms with Gasteiger partial charge in [-0.3, -0.25) is 0 Å². The number of aromatic amines is 1. The monoisotopic (exact) mass is 414 g/mol. The SMILES string of the molecule is CCCCCCCCCCCCCCCC(Br)CCC.c1c[nH]cn1. The molecule has 1 aromatic rings. The van der Waals surface area contributed by atoms with Crippen molar-refractivity contribution in [3.8, 4) is 0 Å². The zero-order chi connectivity index (χ0) is 18.4. The summed E-state index contributed by atoms with van der Waals surface area (Å²) in [7, 11) is 0. The lowest BCUT2D eigenvalue weighted by Crippen LogP contribution is -1.96. The highest BCUT2D eigenvalue weighted by molar-refractivity contribution is 9.09. The molecule has 1 heterocycles. The normalized spacial score (nSPS) is 11.8. The number of unbranched alkanes of at least 4 members (excludes halogenated alkanes) is 12. The van der Waals surface area contributed by atoms with Crippen molar-refractivity contribution in [3.63, 3.8) is 0 Å². The third kappa shape index (κ3) is 21.6. The van der Waals surface area contributed by atoms with Gasteiger partial charge in [-0.1, -0.05) is 120 Å². The molecule has 148 valence electrons. The molecule has 1 atom stereocenters. The van der Waals surface area contributed by atoms with E-state index in [4.69, 9.17) is 0 Å². The van der Waals surface area contributed by atoms with E-state index in [1.54, 1.807) is 18.7 Å². The van der Waals surface area contributed by atoms with Gasteiger partial charge in [-0.15, -0.1) is 0 Å². The third-order valence-corrected chi connectivity index (χ3v) is 5.54. The molecule has 0 radical (unpaired) electrons. The highest BCUT2D eigenvalue weighted by Gasteiger charge is 2.01. The summed E-state index contributed by atoms with van der Waals surface area (Å²) in [5.74, 6) is 0. The van der Waals surface area contributed by atoms with E-state index in [9.17, 15) is 0 Å². The summed E-state index contributed by atoms with van der Waals surface area (Å²) in [5.41, 5.74) is 0. The van der Waals surface area contributed by atoms with E-state index in [2.05, 4.69) is 39.7 Å². The number of rotatable bonds is 16. The third-order valence-electron chi connectivity index (χ3n) is 4.63. The first-order valence-electron chi connectivity index (χ1n) is 10.9. The second-order valence-corrected chi connectivity index (χ2v) is 8.47. The number of nitrogens with zero attached hydrogens (tertiary/aromatic N) is 1. The smallest absolute Gasteiger partial charge is 0.0919 e. The van der Waals surface area contributed by atoms with Gasteiger partial charge in [0.1, 0.15) is 0 Å².